The normalized spacial score (nSPS) is 21.4. The molecule has 0 aromatic heterocycles. The molecule has 1 aliphatic heterocycles. The van der Waals surface area contributed by atoms with Crippen molar-refractivity contribution in [2.75, 3.05) is 20.2 Å². The minimum atomic E-state index is 0. The highest BCUT2D eigenvalue weighted by atomic mass is 35.5. The zero-order valence-corrected chi connectivity index (χ0v) is 13.1. The molecule has 0 saturated carbocycles. The summed E-state index contributed by atoms with van der Waals surface area (Å²) in [4.78, 5) is 0. The quantitative estimate of drug-likeness (QED) is 0.926. The van der Waals surface area contributed by atoms with Crippen molar-refractivity contribution in [3.05, 3.63) is 65.7 Å². The van der Waals surface area contributed by atoms with E-state index in [1.165, 1.54) is 17.5 Å². The summed E-state index contributed by atoms with van der Waals surface area (Å²) in [5.74, 6) is 2.07. The van der Waals surface area contributed by atoms with Gasteiger partial charge in [0.25, 0.3) is 0 Å². The Morgan fingerprint density at radius 2 is 1.57 bits per heavy atom. The van der Waals surface area contributed by atoms with Crippen LogP contribution >= 0.6 is 12.4 Å². The second-order valence-electron chi connectivity index (χ2n) is 5.39. The van der Waals surface area contributed by atoms with Gasteiger partial charge in [0.15, 0.2) is 0 Å². The van der Waals surface area contributed by atoms with Crippen LogP contribution in [0.25, 0.3) is 0 Å². The van der Waals surface area contributed by atoms with Crippen molar-refractivity contribution in [3.8, 4) is 5.75 Å². The van der Waals surface area contributed by atoms with Gasteiger partial charge >= 0.3 is 0 Å². The van der Waals surface area contributed by atoms with Gasteiger partial charge in [0.1, 0.15) is 5.75 Å². The van der Waals surface area contributed by atoms with E-state index in [4.69, 9.17) is 4.74 Å². The molecule has 1 heterocycles. The zero-order valence-electron chi connectivity index (χ0n) is 12.3. The number of benzene rings is 2. The summed E-state index contributed by atoms with van der Waals surface area (Å²) in [5, 5.41) is 3.53. The van der Waals surface area contributed by atoms with E-state index in [1.54, 1.807) is 7.11 Å². The van der Waals surface area contributed by atoms with Gasteiger partial charge in [-0.2, -0.15) is 0 Å². The number of ether oxygens (including phenoxy) is 1. The average molecular weight is 304 g/mol. The Bertz CT molecular complexity index is 541. The van der Waals surface area contributed by atoms with E-state index >= 15 is 0 Å². The Morgan fingerprint density at radius 3 is 2.24 bits per heavy atom. The number of nitrogens with one attached hydrogen (secondary N) is 1. The van der Waals surface area contributed by atoms with E-state index in [1.807, 2.05) is 0 Å². The molecule has 0 unspecified atom stereocenters. The molecule has 1 N–H and O–H groups in total. The molecule has 0 aliphatic carbocycles. The van der Waals surface area contributed by atoms with Crippen LogP contribution < -0.4 is 10.1 Å². The van der Waals surface area contributed by atoms with Crippen molar-refractivity contribution >= 4 is 12.4 Å². The molecule has 1 aliphatic rings. The van der Waals surface area contributed by atoms with Crippen LogP contribution in [0, 0.1) is 0 Å². The Labute approximate surface area is 132 Å². The highest BCUT2D eigenvalue weighted by molar-refractivity contribution is 5.85. The lowest BCUT2D eigenvalue weighted by Crippen LogP contribution is -2.33. The molecule has 1 saturated heterocycles. The minimum absolute atomic E-state index is 0. The van der Waals surface area contributed by atoms with Gasteiger partial charge in [0.2, 0.25) is 0 Å². The number of halogens is 1. The molecule has 0 spiro atoms. The molecule has 0 bridgehead atoms. The third kappa shape index (κ3) is 3.58. The predicted molar refractivity (Wildman–Crippen MR) is 89.7 cm³/mol. The summed E-state index contributed by atoms with van der Waals surface area (Å²) in [6.07, 6.45) is 1.19. The molecular formula is C18H22ClNO. The van der Waals surface area contributed by atoms with Gasteiger partial charge in [-0.05, 0) is 42.1 Å². The third-order valence-corrected chi connectivity index (χ3v) is 4.25. The van der Waals surface area contributed by atoms with Crippen LogP contribution in [0.15, 0.2) is 54.6 Å². The highest BCUT2D eigenvalue weighted by Crippen LogP contribution is 2.37. The second-order valence-corrected chi connectivity index (χ2v) is 5.39. The fourth-order valence-corrected chi connectivity index (χ4v) is 3.16. The van der Waals surface area contributed by atoms with E-state index in [-0.39, 0.29) is 12.4 Å². The van der Waals surface area contributed by atoms with Gasteiger partial charge in [-0.15, -0.1) is 12.4 Å². The van der Waals surface area contributed by atoms with E-state index in [9.17, 15) is 0 Å². The maximum atomic E-state index is 5.26. The van der Waals surface area contributed by atoms with E-state index in [2.05, 4.69) is 59.9 Å². The van der Waals surface area contributed by atoms with Gasteiger partial charge in [0, 0.05) is 12.5 Å². The molecule has 21 heavy (non-hydrogen) atoms. The molecule has 112 valence electrons. The molecule has 2 nitrogen and oxygen atoms in total. The van der Waals surface area contributed by atoms with Crippen molar-refractivity contribution in [1.29, 1.82) is 0 Å². The maximum Gasteiger partial charge on any atom is 0.118 e. The number of methoxy groups -OCH3 is 1. The van der Waals surface area contributed by atoms with Crippen molar-refractivity contribution in [1.82, 2.24) is 5.32 Å². The lowest BCUT2D eigenvalue weighted by molar-refractivity contribution is 0.401. The smallest absolute Gasteiger partial charge is 0.118 e. The average Bonchev–Trinajstić information content (AvgIpc) is 2.56. The van der Waals surface area contributed by atoms with Gasteiger partial charge < -0.3 is 10.1 Å². The molecule has 2 aromatic carbocycles. The fourth-order valence-electron chi connectivity index (χ4n) is 3.16. The number of piperidine rings is 1. The van der Waals surface area contributed by atoms with Crippen LogP contribution in [-0.2, 0) is 0 Å². The molecule has 0 radical (unpaired) electrons. The van der Waals surface area contributed by atoms with Gasteiger partial charge in [-0.1, -0.05) is 42.5 Å². The van der Waals surface area contributed by atoms with Gasteiger partial charge in [-0.3, -0.25) is 0 Å². The predicted octanol–water partition coefficient (Wildman–Crippen LogP) is 3.98. The molecule has 1 fully saturated rings. The number of rotatable bonds is 3. The van der Waals surface area contributed by atoms with Crippen LogP contribution in [0.5, 0.6) is 5.75 Å². The van der Waals surface area contributed by atoms with Crippen LogP contribution in [0.4, 0.5) is 0 Å². The summed E-state index contributed by atoms with van der Waals surface area (Å²) < 4.78 is 5.26. The summed E-state index contributed by atoms with van der Waals surface area (Å²) in [6.45, 7) is 2.15. The number of hydrogen-bond acceptors (Lipinski definition) is 2. The van der Waals surface area contributed by atoms with E-state index < -0.39 is 0 Å². The van der Waals surface area contributed by atoms with Gasteiger partial charge in [0.05, 0.1) is 7.11 Å². The lowest BCUT2D eigenvalue weighted by Gasteiger charge is -2.33. The van der Waals surface area contributed by atoms with Crippen molar-refractivity contribution < 1.29 is 4.74 Å². The largest absolute Gasteiger partial charge is 0.497 e. The first kappa shape index (κ1) is 15.9. The maximum absolute atomic E-state index is 5.26. The van der Waals surface area contributed by atoms with Crippen molar-refractivity contribution in [2.45, 2.75) is 18.3 Å². The zero-order chi connectivity index (χ0) is 13.8. The molecule has 3 heteroatoms. The van der Waals surface area contributed by atoms with E-state index in [0.29, 0.717) is 11.8 Å². The van der Waals surface area contributed by atoms with Crippen LogP contribution in [-0.4, -0.2) is 20.2 Å². The first-order chi connectivity index (χ1) is 9.88. The Morgan fingerprint density at radius 1 is 0.905 bits per heavy atom. The summed E-state index contributed by atoms with van der Waals surface area (Å²) in [7, 11) is 1.71. The summed E-state index contributed by atoms with van der Waals surface area (Å²) >= 11 is 0. The van der Waals surface area contributed by atoms with E-state index in [0.717, 1.165) is 18.8 Å². The SMILES string of the molecule is COc1ccc([C@H]2CCNC[C@@H]2c2ccccc2)cc1.Cl. The molecular weight excluding hydrogens is 282 g/mol. The van der Waals surface area contributed by atoms with Crippen LogP contribution in [0.3, 0.4) is 0 Å². The molecule has 2 atom stereocenters. The first-order valence-electron chi connectivity index (χ1n) is 7.28. The summed E-state index contributed by atoms with van der Waals surface area (Å²) in [6, 6.07) is 19.4. The number of hydrogen-bond donors (Lipinski definition) is 1. The monoisotopic (exact) mass is 303 g/mol. The topological polar surface area (TPSA) is 21.3 Å². The summed E-state index contributed by atoms with van der Waals surface area (Å²) in [5.41, 5.74) is 2.85. The molecule has 0 amide bonds. The standard InChI is InChI=1S/C18H21NO.ClH/c1-20-16-9-7-15(8-10-16)17-11-12-19-13-18(17)14-5-3-2-4-6-14;/h2-10,17-19H,11-13H2,1H3;1H/t17-,18-;/m1./s1. The third-order valence-electron chi connectivity index (χ3n) is 4.25. The van der Waals surface area contributed by atoms with Crippen molar-refractivity contribution in [3.63, 3.8) is 0 Å². The Kier molecular flexibility index (Phi) is 5.66. The molecule has 2 aromatic rings. The van der Waals surface area contributed by atoms with Gasteiger partial charge in [-0.25, -0.2) is 0 Å². The Hall–Kier alpha value is -1.51. The molecule has 3 rings (SSSR count). The Balaban J connectivity index is 0.00000161. The minimum Gasteiger partial charge on any atom is -0.497 e. The fraction of sp³-hybridized carbons (Fsp3) is 0.333. The van der Waals surface area contributed by atoms with Crippen LogP contribution in [0.2, 0.25) is 0 Å². The first-order valence-corrected chi connectivity index (χ1v) is 7.28. The van der Waals surface area contributed by atoms with Crippen LogP contribution in [0.1, 0.15) is 29.4 Å². The lowest BCUT2D eigenvalue weighted by atomic mass is 9.77. The van der Waals surface area contributed by atoms with Crippen molar-refractivity contribution in [2.24, 2.45) is 0 Å². The second kappa shape index (κ2) is 7.48. The highest BCUT2D eigenvalue weighted by Gasteiger charge is 2.27.